The van der Waals surface area contributed by atoms with Crippen molar-refractivity contribution in [3.8, 4) is 0 Å². The van der Waals surface area contributed by atoms with Crippen molar-refractivity contribution in [1.29, 1.82) is 0 Å². The van der Waals surface area contributed by atoms with E-state index in [4.69, 9.17) is 16.3 Å². The number of amides is 3. The number of hydrogen-bond donors (Lipinski definition) is 2. The van der Waals surface area contributed by atoms with Crippen LogP contribution in [0.3, 0.4) is 0 Å². The van der Waals surface area contributed by atoms with Gasteiger partial charge in [0.2, 0.25) is 15.9 Å². The first-order valence-corrected chi connectivity index (χ1v) is 15.6. The average Bonchev–Trinajstić information content (AvgIpc) is 3.37. The van der Waals surface area contributed by atoms with E-state index < -0.39 is 27.9 Å². The average molecular weight is 597 g/mol. The Morgan fingerprint density at radius 2 is 1.92 bits per heavy atom. The molecule has 0 unspecified atom stereocenters. The number of halogens is 1. The Morgan fingerprint density at radius 1 is 1.18 bits per heavy atom. The first kappa shape index (κ1) is 29.5. The van der Waals surface area contributed by atoms with Crippen LogP contribution in [0.4, 0.5) is 5.69 Å². The molecule has 0 radical (unpaired) electrons. The fourth-order valence-corrected chi connectivity index (χ4v) is 7.26. The van der Waals surface area contributed by atoms with Gasteiger partial charge in [0.25, 0.3) is 11.8 Å². The van der Waals surface area contributed by atoms with E-state index in [1.165, 1.54) is 11.0 Å². The molecule has 2 aliphatic heterocycles. The second-order valence-electron chi connectivity index (χ2n) is 9.70. The number of sulfonamides is 1. The predicted octanol–water partition coefficient (Wildman–Crippen LogP) is 2.66. The molecular weight excluding hydrogens is 564 g/mol. The lowest BCUT2D eigenvalue weighted by molar-refractivity contribution is -0.134. The molecule has 1 aromatic carbocycles. The van der Waals surface area contributed by atoms with E-state index in [-0.39, 0.29) is 24.0 Å². The van der Waals surface area contributed by atoms with Crippen molar-refractivity contribution in [3.05, 3.63) is 45.1 Å². The molecule has 2 fully saturated rings. The van der Waals surface area contributed by atoms with E-state index in [0.29, 0.717) is 59.0 Å². The van der Waals surface area contributed by atoms with Crippen molar-refractivity contribution in [2.45, 2.75) is 44.0 Å². The first-order valence-electron chi connectivity index (χ1n) is 12.9. The summed E-state index contributed by atoms with van der Waals surface area (Å²) in [6.45, 7) is 5.32. The van der Waals surface area contributed by atoms with Gasteiger partial charge >= 0.3 is 0 Å². The SMILES string of the molecule is CCc1c(N2CCOCC2=O)cccc1S(=O)(=O)N[C@@H](CNC(=O)c1ccc(Cl)s1)C(=O)N1CCC(C)CC1. The second-order valence-corrected chi connectivity index (χ2v) is 13.1. The van der Waals surface area contributed by atoms with Gasteiger partial charge in [-0.15, -0.1) is 11.3 Å². The van der Waals surface area contributed by atoms with Gasteiger partial charge in [-0.2, -0.15) is 4.72 Å². The lowest BCUT2D eigenvalue weighted by Crippen LogP contribution is -2.55. The lowest BCUT2D eigenvalue weighted by atomic mass is 9.99. The van der Waals surface area contributed by atoms with Gasteiger partial charge in [-0.05, 0) is 55.0 Å². The molecule has 212 valence electrons. The summed E-state index contributed by atoms with van der Waals surface area (Å²) in [6, 6.07) is 6.70. The highest BCUT2D eigenvalue weighted by molar-refractivity contribution is 7.89. The zero-order valence-corrected chi connectivity index (χ0v) is 24.3. The highest BCUT2D eigenvalue weighted by Crippen LogP contribution is 2.29. The minimum Gasteiger partial charge on any atom is -0.370 e. The molecule has 0 saturated carbocycles. The minimum atomic E-state index is -4.22. The lowest BCUT2D eigenvalue weighted by Gasteiger charge is -2.33. The maximum Gasteiger partial charge on any atom is 0.261 e. The minimum absolute atomic E-state index is 0.0109. The molecule has 3 heterocycles. The Bertz CT molecular complexity index is 1320. The molecule has 0 bridgehead atoms. The number of carbonyl (C=O) groups excluding carboxylic acids is 3. The third kappa shape index (κ3) is 6.98. The summed E-state index contributed by atoms with van der Waals surface area (Å²) in [5.74, 6) is -0.613. The highest BCUT2D eigenvalue weighted by atomic mass is 35.5. The van der Waals surface area contributed by atoms with Crippen LogP contribution in [-0.2, 0) is 30.8 Å². The Morgan fingerprint density at radius 3 is 2.56 bits per heavy atom. The summed E-state index contributed by atoms with van der Waals surface area (Å²) in [5.41, 5.74) is 0.972. The molecule has 3 amide bonds. The van der Waals surface area contributed by atoms with Gasteiger partial charge in [0, 0.05) is 31.9 Å². The number of nitrogens with zero attached hydrogens (tertiary/aromatic N) is 2. The van der Waals surface area contributed by atoms with Crippen molar-refractivity contribution in [2.75, 3.05) is 44.3 Å². The van der Waals surface area contributed by atoms with Crippen LogP contribution in [0.5, 0.6) is 0 Å². The smallest absolute Gasteiger partial charge is 0.261 e. The number of piperidine rings is 1. The number of morpholine rings is 1. The van der Waals surface area contributed by atoms with Gasteiger partial charge in [0.15, 0.2) is 0 Å². The first-order chi connectivity index (χ1) is 18.6. The van der Waals surface area contributed by atoms with E-state index in [0.717, 1.165) is 24.2 Å². The molecule has 39 heavy (non-hydrogen) atoms. The number of thiophene rings is 1. The van der Waals surface area contributed by atoms with Gasteiger partial charge in [-0.1, -0.05) is 31.5 Å². The molecular formula is C26H33ClN4O6S2. The molecule has 2 saturated heterocycles. The molecule has 10 nitrogen and oxygen atoms in total. The van der Waals surface area contributed by atoms with Crippen LogP contribution in [0, 0.1) is 5.92 Å². The molecule has 0 aliphatic carbocycles. The van der Waals surface area contributed by atoms with E-state index >= 15 is 0 Å². The number of likely N-dealkylation sites (tertiary alicyclic amines) is 1. The van der Waals surface area contributed by atoms with Crippen LogP contribution in [-0.4, -0.2) is 76.5 Å². The monoisotopic (exact) mass is 596 g/mol. The van der Waals surface area contributed by atoms with Crippen molar-refractivity contribution < 1.29 is 27.5 Å². The summed E-state index contributed by atoms with van der Waals surface area (Å²) in [7, 11) is -4.22. The number of anilines is 1. The molecule has 1 atom stereocenters. The normalized spacial score (nSPS) is 17.8. The number of carbonyl (C=O) groups is 3. The predicted molar refractivity (Wildman–Crippen MR) is 150 cm³/mol. The zero-order chi connectivity index (χ0) is 28.2. The summed E-state index contributed by atoms with van der Waals surface area (Å²) >= 11 is 7.04. The Labute approximate surface area is 237 Å². The van der Waals surface area contributed by atoms with Crippen LogP contribution < -0.4 is 14.9 Å². The summed E-state index contributed by atoms with van der Waals surface area (Å²) in [5, 5.41) is 2.68. The van der Waals surface area contributed by atoms with E-state index in [9.17, 15) is 22.8 Å². The van der Waals surface area contributed by atoms with Crippen LogP contribution in [0.25, 0.3) is 0 Å². The van der Waals surface area contributed by atoms with Crippen molar-refractivity contribution in [1.82, 2.24) is 14.9 Å². The molecule has 2 aromatic rings. The Balaban J connectivity index is 1.60. The molecule has 2 N–H and O–H groups in total. The number of hydrogen-bond acceptors (Lipinski definition) is 7. The maximum atomic E-state index is 13.8. The van der Waals surface area contributed by atoms with Gasteiger partial charge in [0.05, 0.1) is 20.7 Å². The quantitative estimate of drug-likeness (QED) is 0.459. The van der Waals surface area contributed by atoms with E-state index in [1.807, 2.05) is 6.92 Å². The standard InChI is InChI=1S/C26H33ClN4O6S2/c1-3-18-20(31-13-14-37-16-24(31)32)5-4-6-22(18)39(35,36)29-19(26(34)30-11-9-17(2)10-12-30)15-28-25(33)21-7-8-23(27)38-21/h4-8,17,19,29H,3,9-16H2,1-2H3,(H,28,33)/t19-/m0/s1. The molecule has 2 aliphatic rings. The molecule has 1 aromatic heterocycles. The van der Waals surface area contributed by atoms with Crippen molar-refractivity contribution >= 4 is 56.4 Å². The summed E-state index contributed by atoms with van der Waals surface area (Å²) in [4.78, 5) is 42.2. The van der Waals surface area contributed by atoms with Crippen LogP contribution >= 0.6 is 22.9 Å². The summed E-state index contributed by atoms with van der Waals surface area (Å²) in [6.07, 6.45) is 1.98. The Hall–Kier alpha value is -2.51. The van der Waals surface area contributed by atoms with Gasteiger partial charge in [0.1, 0.15) is 12.6 Å². The Kier molecular flexibility index (Phi) is 9.65. The third-order valence-corrected chi connectivity index (χ3v) is 9.77. The van der Waals surface area contributed by atoms with Gasteiger partial charge in [-0.3, -0.25) is 14.4 Å². The van der Waals surface area contributed by atoms with E-state index in [1.54, 1.807) is 29.2 Å². The second kappa shape index (κ2) is 12.8. The largest absolute Gasteiger partial charge is 0.370 e. The molecule has 0 spiro atoms. The highest BCUT2D eigenvalue weighted by Gasteiger charge is 2.33. The topological polar surface area (TPSA) is 125 Å². The number of rotatable bonds is 9. The zero-order valence-electron chi connectivity index (χ0n) is 21.9. The van der Waals surface area contributed by atoms with Crippen molar-refractivity contribution in [3.63, 3.8) is 0 Å². The fourth-order valence-electron chi connectivity index (χ4n) is 4.78. The fraction of sp³-hybridized carbons (Fsp3) is 0.500. The van der Waals surface area contributed by atoms with Gasteiger partial charge in [-0.25, -0.2) is 8.42 Å². The van der Waals surface area contributed by atoms with Crippen LogP contribution in [0.1, 0.15) is 41.9 Å². The molecule has 13 heteroatoms. The van der Waals surface area contributed by atoms with Crippen molar-refractivity contribution in [2.24, 2.45) is 5.92 Å². The van der Waals surface area contributed by atoms with Gasteiger partial charge < -0.3 is 19.9 Å². The van der Waals surface area contributed by atoms with Crippen LogP contribution in [0.2, 0.25) is 4.34 Å². The number of nitrogens with one attached hydrogen (secondary N) is 2. The van der Waals surface area contributed by atoms with Crippen LogP contribution in [0.15, 0.2) is 35.2 Å². The van der Waals surface area contributed by atoms with E-state index in [2.05, 4.69) is 17.0 Å². The third-order valence-electron chi connectivity index (χ3n) is 6.98. The molecule has 4 rings (SSSR count). The summed E-state index contributed by atoms with van der Waals surface area (Å²) < 4.78 is 35.7. The maximum absolute atomic E-state index is 13.8. The number of ether oxygens (including phenoxy) is 1. The number of benzene rings is 1.